The molecular formula is C20H23N5O4. The van der Waals surface area contributed by atoms with E-state index in [9.17, 15) is 14.9 Å². The molecule has 29 heavy (non-hydrogen) atoms. The molecule has 1 aliphatic carbocycles. The minimum atomic E-state index is -0.406. The SMILES string of the molecule is O=C(c1ccco1)N1CCN(C(=NCc2ccc([N+](=O)[O-])cc2)NC2CC2)CC1. The second-order valence-corrected chi connectivity index (χ2v) is 7.24. The molecule has 4 rings (SSSR count). The predicted molar refractivity (Wildman–Crippen MR) is 107 cm³/mol. The van der Waals surface area contributed by atoms with Gasteiger partial charge in [-0.05, 0) is 30.5 Å². The van der Waals surface area contributed by atoms with Gasteiger partial charge in [0.2, 0.25) is 0 Å². The van der Waals surface area contributed by atoms with E-state index in [1.54, 1.807) is 29.2 Å². The van der Waals surface area contributed by atoms with Crippen molar-refractivity contribution in [2.45, 2.75) is 25.4 Å². The first-order valence-corrected chi connectivity index (χ1v) is 9.72. The fraction of sp³-hybridized carbons (Fsp3) is 0.400. The van der Waals surface area contributed by atoms with Crippen molar-refractivity contribution in [3.8, 4) is 0 Å². The molecule has 1 aliphatic heterocycles. The van der Waals surface area contributed by atoms with Crippen LogP contribution < -0.4 is 5.32 Å². The maximum atomic E-state index is 12.4. The van der Waals surface area contributed by atoms with Gasteiger partial charge in [0, 0.05) is 44.4 Å². The topological polar surface area (TPSA) is 104 Å². The van der Waals surface area contributed by atoms with E-state index in [4.69, 9.17) is 9.41 Å². The van der Waals surface area contributed by atoms with Crippen molar-refractivity contribution in [1.29, 1.82) is 0 Å². The average Bonchev–Trinajstić information content (AvgIpc) is 3.40. The van der Waals surface area contributed by atoms with Crippen LogP contribution in [0.25, 0.3) is 0 Å². The number of hydrogen-bond donors (Lipinski definition) is 1. The minimum Gasteiger partial charge on any atom is -0.459 e. The first-order chi connectivity index (χ1) is 14.1. The van der Waals surface area contributed by atoms with Crippen molar-refractivity contribution >= 4 is 17.6 Å². The largest absolute Gasteiger partial charge is 0.459 e. The molecule has 1 N–H and O–H groups in total. The van der Waals surface area contributed by atoms with Crippen LogP contribution in [-0.4, -0.2) is 58.8 Å². The van der Waals surface area contributed by atoms with E-state index < -0.39 is 4.92 Å². The summed E-state index contributed by atoms with van der Waals surface area (Å²) in [5.41, 5.74) is 0.990. The Morgan fingerprint density at radius 1 is 1.14 bits per heavy atom. The zero-order chi connectivity index (χ0) is 20.2. The van der Waals surface area contributed by atoms with Gasteiger partial charge in [0.1, 0.15) is 0 Å². The Morgan fingerprint density at radius 2 is 1.83 bits per heavy atom. The van der Waals surface area contributed by atoms with Crippen LogP contribution in [0.15, 0.2) is 52.1 Å². The number of nitrogens with one attached hydrogen (secondary N) is 1. The lowest BCUT2D eigenvalue weighted by Crippen LogP contribution is -2.54. The summed E-state index contributed by atoms with van der Waals surface area (Å²) >= 11 is 0. The van der Waals surface area contributed by atoms with Crippen molar-refractivity contribution < 1.29 is 14.1 Å². The molecule has 152 valence electrons. The third-order valence-electron chi connectivity index (χ3n) is 5.07. The van der Waals surface area contributed by atoms with Crippen LogP contribution in [0.2, 0.25) is 0 Å². The van der Waals surface area contributed by atoms with Crippen LogP contribution in [0.4, 0.5) is 5.69 Å². The van der Waals surface area contributed by atoms with Gasteiger partial charge in [-0.15, -0.1) is 0 Å². The van der Waals surface area contributed by atoms with Crippen LogP contribution >= 0.6 is 0 Å². The smallest absolute Gasteiger partial charge is 0.289 e. The highest BCUT2D eigenvalue weighted by Crippen LogP contribution is 2.20. The molecule has 0 spiro atoms. The van der Waals surface area contributed by atoms with Gasteiger partial charge in [0.05, 0.1) is 17.7 Å². The number of benzene rings is 1. The van der Waals surface area contributed by atoms with Gasteiger partial charge in [-0.25, -0.2) is 4.99 Å². The van der Waals surface area contributed by atoms with Gasteiger partial charge in [-0.3, -0.25) is 14.9 Å². The number of piperazine rings is 1. The molecule has 0 unspecified atom stereocenters. The average molecular weight is 397 g/mol. The van der Waals surface area contributed by atoms with Gasteiger partial charge < -0.3 is 19.5 Å². The Kier molecular flexibility index (Phi) is 5.46. The summed E-state index contributed by atoms with van der Waals surface area (Å²) in [7, 11) is 0. The van der Waals surface area contributed by atoms with E-state index in [1.165, 1.54) is 18.4 Å². The molecule has 1 saturated heterocycles. The predicted octanol–water partition coefficient (Wildman–Crippen LogP) is 2.25. The van der Waals surface area contributed by atoms with Gasteiger partial charge in [-0.1, -0.05) is 12.1 Å². The van der Waals surface area contributed by atoms with Crippen LogP contribution in [0.5, 0.6) is 0 Å². The maximum Gasteiger partial charge on any atom is 0.289 e. The fourth-order valence-corrected chi connectivity index (χ4v) is 3.21. The number of non-ortho nitro benzene ring substituents is 1. The number of nitrogens with zero attached hydrogens (tertiary/aromatic N) is 4. The summed E-state index contributed by atoms with van der Waals surface area (Å²) in [6, 6.07) is 10.3. The lowest BCUT2D eigenvalue weighted by Gasteiger charge is -2.36. The molecule has 9 heteroatoms. The van der Waals surface area contributed by atoms with E-state index in [1.807, 2.05) is 0 Å². The molecule has 0 bridgehead atoms. The number of carbonyl (C=O) groups is 1. The number of aliphatic imine (C=N–C) groups is 1. The molecule has 1 aromatic heterocycles. The summed E-state index contributed by atoms with van der Waals surface area (Å²) < 4.78 is 5.21. The maximum absolute atomic E-state index is 12.4. The van der Waals surface area contributed by atoms with Gasteiger partial charge in [0.25, 0.3) is 11.6 Å². The van der Waals surface area contributed by atoms with Crippen molar-refractivity contribution in [3.63, 3.8) is 0 Å². The van der Waals surface area contributed by atoms with E-state index in [0.717, 1.165) is 24.4 Å². The fourth-order valence-electron chi connectivity index (χ4n) is 3.21. The van der Waals surface area contributed by atoms with Gasteiger partial charge in [-0.2, -0.15) is 0 Å². The Hall–Kier alpha value is -3.36. The normalized spacial score (nSPS) is 17.3. The summed E-state index contributed by atoms with van der Waals surface area (Å²) in [5.74, 6) is 1.10. The molecule has 1 amide bonds. The van der Waals surface area contributed by atoms with E-state index in [2.05, 4.69) is 10.2 Å². The van der Waals surface area contributed by atoms with Crippen molar-refractivity contribution in [3.05, 3.63) is 64.1 Å². The highest BCUT2D eigenvalue weighted by molar-refractivity contribution is 5.91. The highest BCUT2D eigenvalue weighted by atomic mass is 16.6. The molecule has 2 fully saturated rings. The Labute approximate surface area is 168 Å². The number of furan rings is 1. The summed E-state index contributed by atoms with van der Waals surface area (Å²) in [6.45, 7) is 3.01. The number of carbonyl (C=O) groups excluding carboxylic acids is 1. The highest BCUT2D eigenvalue weighted by Gasteiger charge is 2.28. The summed E-state index contributed by atoms with van der Waals surface area (Å²) in [4.78, 5) is 31.5. The second kappa shape index (κ2) is 8.34. The Balaban J connectivity index is 1.38. The summed E-state index contributed by atoms with van der Waals surface area (Å²) in [6.07, 6.45) is 3.77. The number of hydrogen-bond acceptors (Lipinski definition) is 5. The number of amides is 1. The molecule has 0 radical (unpaired) electrons. The molecule has 1 aromatic carbocycles. The molecule has 2 aromatic rings. The van der Waals surface area contributed by atoms with Gasteiger partial charge >= 0.3 is 0 Å². The van der Waals surface area contributed by atoms with Crippen molar-refractivity contribution in [1.82, 2.24) is 15.1 Å². The Morgan fingerprint density at radius 3 is 2.41 bits per heavy atom. The monoisotopic (exact) mass is 397 g/mol. The van der Waals surface area contributed by atoms with Crippen LogP contribution in [0.1, 0.15) is 29.0 Å². The van der Waals surface area contributed by atoms with E-state index in [0.29, 0.717) is 44.5 Å². The zero-order valence-corrected chi connectivity index (χ0v) is 16.0. The van der Waals surface area contributed by atoms with Crippen LogP contribution in [0, 0.1) is 10.1 Å². The van der Waals surface area contributed by atoms with Gasteiger partial charge in [0.15, 0.2) is 11.7 Å². The number of rotatable bonds is 5. The van der Waals surface area contributed by atoms with Crippen molar-refractivity contribution in [2.75, 3.05) is 26.2 Å². The molecule has 2 heterocycles. The standard InChI is InChI=1S/C20H23N5O4/c26-19(18-2-1-13-29-18)23-9-11-24(12-10-23)20(22-16-5-6-16)21-14-15-3-7-17(8-4-15)25(27)28/h1-4,7-8,13,16H,5-6,9-12,14H2,(H,21,22). The first-order valence-electron chi connectivity index (χ1n) is 9.72. The quantitative estimate of drug-likeness (QED) is 0.359. The van der Waals surface area contributed by atoms with Crippen molar-refractivity contribution in [2.24, 2.45) is 4.99 Å². The third-order valence-corrected chi connectivity index (χ3v) is 5.07. The van der Waals surface area contributed by atoms with Crippen LogP contribution in [-0.2, 0) is 6.54 Å². The second-order valence-electron chi connectivity index (χ2n) is 7.24. The van der Waals surface area contributed by atoms with Crippen LogP contribution in [0.3, 0.4) is 0 Å². The van der Waals surface area contributed by atoms with E-state index in [-0.39, 0.29) is 11.6 Å². The zero-order valence-electron chi connectivity index (χ0n) is 16.0. The molecule has 9 nitrogen and oxygen atoms in total. The summed E-state index contributed by atoms with van der Waals surface area (Å²) in [5, 5.41) is 14.3. The van der Waals surface area contributed by atoms with E-state index >= 15 is 0 Å². The third kappa shape index (κ3) is 4.74. The molecule has 0 atom stereocenters. The molecule has 1 saturated carbocycles. The lowest BCUT2D eigenvalue weighted by molar-refractivity contribution is -0.384. The number of nitro benzene ring substituents is 1. The molecular weight excluding hydrogens is 374 g/mol. The molecule has 2 aliphatic rings. The first kappa shape index (κ1) is 19.0. The lowest BCUT2D eigenvalue weighted by atomic mass is 10.2. The Bertz CT molecular complexity index is 882. The number of guanidine groups is 1. The minimum absolute atomic E-state index is 0.0754. The number of nitro groups is 1.